The molecule has 0 bridgehead atoms. The monoisotopic (exact) mass is 373 g/mol. The lowest BCUT2D eigenvalue weighted by Crippen LogP contribution is -2.35. The van der Waals surface area contributed by atoms with E-state index in [9.17, 15) is 14.7 Å². The Morgan fingerprint density at radius 3 is 2.92 bits per heavy atom. The molecule has 0 fully saturated rings. The summed E-state index contributed by atoms with van der Waals surface area (Å²) < 4.78 is 11.2. The number of hydrogen-bond donors (Lipinski definition) is 2. The van der Waals surface area contributed by atoms with Gasteiger partial charge < -0.3 is 19.9 Å². The van der Waals surface area contributed by atoms with Crippen molar-refractivity contribution in [3.8, 4) is 5.75 Å². The van der Waals surface area contributed by atoms with Crippen molar-refractivity contribution < 1.29 is 24.2 Å². The molecule has 136 valence electrons. The lowest BCUT2D eigenvalue weighted by atomic mass is 10.0. The number of benzene rings is 1. The van der Waals surface area contributed by atoms with Crippen molar-refractivity contribution in [2.45, 2.75) is 31.4 Å². The molecular formula is C19H19NO5S. The van der Waals surface area contributed by atoms with Gasteiger partial charge in [-0.1, -0.05) is 6.07 Å². The molecular weight excluding hydrogens is 354 g/mol. The molecule has 2 aliphatic heterocycles. The van der Waals surface area contributed by atoms with Crippen molar-refractivity contribution >= 4 is 23.2 Å². The zero-order chi connectivity index (χ0) is 18.1. The number of hydrogen-bond acceptors (Lipinski definition) is 5. The summed E-state index contributed by atoms with van der Waals surface area (Å²) in [4.78, 5) is 25.3. The first-order chi connectivity index (χ1) is 12.6. The lowest BCUT2D eigenvalue weighted by molar-refractivity contribution is -0.142. The molecule has 2 aromatic rings. The Bertz CT molecular complexity index is 846. The van der Waals surface area contributed by atoms with E-state index in [0.717, 1.165) is 29.0 Å². The summed E-state index contributed by atoms with van der Waals surface area (Å²) in [6.45, 7) is 1.18. The van der Waals surface area contributed by atoms with Crippen LogP contribution in [0, 0.1) is 0 Å². The Balaban J connectivity index is 1.47. The van der Waals surface area contributed by atoms with Crippen LogP contribution in [-0.2, 0) is 27.2 Å². The number of carbonyl (C=O) groups excluding carboxylic acids is 1. The number of nitrogens with one attached hydrogen (secondary N) is 1. The van der Waals surface area contributed by atoms with Crippen LogP contribution >= 0.6 is 11.3 Å². The molecule has 2 aliphatic rings. The zero-order valence-corrected chi connectivity index (χ0v) is 14.9. The van der Waals surface area contributed by atoms with E-state index in [1.807, 2.05) is 5.38 Å². The molecule has 0 aliphatic carbocycles. The summed E-state index contributed by atoms with van der Waals surface area (Å²) in [6.07, 6.45) is 1.42. The first kappa shape index (κ1) is 17.1. The minimum Gasteiger partial charge on any atom is -0.493 e. The first-order valence-electron chi connectivity index (χ1n) is 8.57. The number of rotatable bonds is 5. The van der Waals surface area contributed by atoms with E-state index in [1.165, 1.54) is 5.56 Å². The Morgan fingerprint density at radius 2 is 2.08 bits per heavy atom. The zero-order valence-electron chi connectivity index (χ0n) is 14.1. The highest BCUT2D eigenvalue weighted by molar-refractivity contribution is 7.10. The van der Waals surface area contributed by atoms with Crippen molar-refractivity contribution in [2.24, 2.45) is 0 Å². The normalized spacial score (nSPS) is 19.2. The number of carboxylic acids is 1. The lowest BCUT2D eigenvalue weighted by Gasteiger charge is -2.23. The number of carbonyl (C=O) groups is 2. The number of amides is 1. The maximum Gasteiger partial charge on any atom is 0.330 e. The predicted molar refractivity (Wildman–Crippen MR) is 95.5 cm³/mol. The van der Waals surface area contributed by atoms with E-state index in [-0.39, 0.29) is 18.4 Å². The van der Waals surface area contributed by atoms with E-state index in [0.29, 0.717) is 18.8 Å². The van der Waals surface area contributed by atoms with Gasteiger partial charge in [0, 0.05) is 11.3 Å². The van der Waals surface area contributed by atoms with Gasteiger partial charge in [0.05, 0.1) is 19.6 Å². The molecule has 0 saturated carbocycles. The van der Waals surface area contributed by atoms with Gasteiger partial charge in [-0.2, -0.15) is 0 Å². The molecule has 7 heteroatoms. The molecule has 6 nitrogen and oxygen atoms in total. The van der Waals surface area contributed by atoms with Crippen molar-refractivity contribution in [3.63, 3.8) is 0 Å². The van der Waals surface area contributed by atoms with Gasteiger partial charge in [0.25, 0.3) is 0 Å². The average Bonchev–Trinajstić information content (AvgIpc) is 3.28. The van der Waals surface area contributed by atoms with Gasteiger partial charge in [-0.05, 0) is 46.7 Å². The molecule has 2 unspecified atom stereocenters. The number of fused-ring (bicyclic) bond motifs is 2. The Labute approximate surface area is 154 Å². The molecule has 3 heterocycles. The van der Waals surface area contributed by atoms with E-state index in [2.05, 4.69) is 11.4 Å². The third kappa shape index (κ3) is 3.32. The topological polar surface area (TPSA) is 84.9 Å². The Kier molecular flexibility index (Phi) is 4.65. The Hall–Kier alpha value is -2.38. The molecule has 1 aromatic heterocycles. The summed E-state index contributed by atoms with van der Waals surface area (Å²) in [5.41, 5.74) is 2.74. The highest BCUT2D eigenvalue weighted by atomic mass is 32.1. The fraction of sp³-hybridized carbons (Fsp3) is 0.368. The molecule has 4 rings (SSSR count). The number of carboxylic acid groups (broad SMARTS) is 1. The van der Waals surface area contributed by atoms with Crippen LogP contribution < -0.4 is 10.1 Å². The van der Waals surface area contributed by atoms with Crippen molar-refractivity contribution in [1.29, 1.82) is 0 Å². The average molecular weight is 373 g/mol. The van der Waals surface area contributed by atoms with Gasteiger partial charge in [0.2, 0.25) is 5.91 Å². The fourth-order valence-corrected chi connectivity index (χ4v) is 4.44. The van der Waals surface area contributed by atoms with Crippen LogP contribution in [0.15, 0.2) is 29.6 Å². The molecule has 0 saturated heterocycles. The van der Waals surface area contributed by atoms with E-state index < -0.39 is 12.0 Å². The molecule has 2 atom stereocenters. The smallest absolute Gasteiger partial charge is 0.330 e. The maximum atomic E-state index is 12.5. The van der Waals surface area contributed by atoms with E-state index in [1.54, 1.807) is 29.5 Å². The summed E-state index contributed by atoms with van der Waals surface area (Å²) in [5.74, 6) is -0.635. The highest BCUT2D eigenvalue weighted by Gasteiger charge is 2.28. The SMILES string of the molecule is O=C(CC1OCCc2ccsc21)NC(C(=O)O)c1ccc2c(c1)CCO2. The molecule has 2 N–H and O–H groups in total. The second-order valence-corrected chi connectivity index (χ2v) is 7.38. The highest BCUT2D eigenvalue weighted by Crippen LogP contribution is 2.34. The summed E-state index contributed by atoms with van der Waals surface area (Å²) >= 11 is 1.58. The predicted octanol–water partition coefficient (Wildman–Crippen LogP) is 2.63. The van der Waals surface area contributed by atoms with Crippen LogP contribution in [0.25, 0.3) is 0 Å². The van der Waals surface area contributed by atoms with Gasteiger partial charge in [-0.15, -0.1) is 11.3 Å². The van der Waals surface area contributed by atoms with Crippen LogP contribution in [0.5, 0.6) is 5.75 Å². The van der Waals surface area contributed by atoms with Gasteiger partial charge in [0.1, 0.15) is 11.9 Å². The number of thiophene rings is 1. The summed E-state index contributed by atoms with van der Waals surface area (Å²) in [5, 5.41) is 14.2. The third-order valence-corrected chi connectivity index (χ3v) is 5.78. The number of ether oxygens (including phenoxy) is 2. The van der Waals surface area contributed by atoms with E-state index >= 15 is 0 Å². The van der Waals surface area contributed by atoms with Crippen LogP contribution in [0.2, 0.25) is 0 Å². The fourth-order valence-electron chi connectivity index (χ4n) is 3.44. The van der Waals surface area contributed by atoms with Gasteiger partial charge in [-0.25, -0.2) is 4.79 Å². The molecule has 1 amide bonds. The molecule has 1 aromatic carbocycles. The quantitative estimate of drug-likeness (QED) is 0.842. The van der Waals surface area contributed by atoms with Crippen molar-refractivity contribution in [3.05, 3.63) is 51.2 Å². The van der Waals surface area contributed by atoms with Gasteiger partial charge in [0.15, 0.2) is 6.04 Å². The largest absolute Gasteiger partial charge is 0.493 e. The molecule has 0 radical (unpaired) electrons. The standard InChI is InChI=1S/C19H19NO5S/c21-16(10-15-18-11(3-6-25-15)5-8-26-18)20-17(19(22)23)13-1-2-14-12(9-13)4-7-24-14/h1-2,5,8-9,15,17H,3-4,6-7,10H2,(H,20,21)(H,22,23). The summed E-state index contributed by atoms with van der Waals surface area (Å²) in [7, 11) is 0. The van der Waals surface area contributed by atoms with Crippen LogP contribution in [0.4, 0.5) is 0 Å². The second kappa shape index (κ2) is 7.09. The summed E-state index contributed by atoms with van der Waals surface area (Å²) in [6, 6.07) is 6.23. The molecule has 26 heavy (non-hydrogen) atoms. The third-order valence-electron chi connectivity index (χ3n) is 4.73. The minimum absolute atomic E-state index is 0.116. The van der Waals surface area contributed by atoms with E-state index in [4.69, 9.17) is 9.47 Å². The van der Waals surface area contributed by atoms with Crippen LogP contribution in [0.1, 0.15) is 40.1 Å². The van der Waals surface area contributed by atoms with Crippen molar-refractivity contribution in [2.75, 3.05) is 13.2 Å². The first-order valence-corrected chi connectivity index (χ1v) is 9.45. The number of aliphatic carboxylic acids is 1. The molecule has 0 spiro atoms. The van der Waals surface area contributed by atoms with Crippen molar-refractivity contribution in [1.82, 2.24) is 5.32 Å². The minimum atomic E-state index is -1.08. The Morgan fingerprint density at radius 1 is 1.23 bits per heavy atom. The van der Waals surface area contributed by atoms with Gasteiger partial charge in [-0.3, -0.25) is 4.79 Å². The van der Waals surface area contributed by atoms with Gasteiger partial charge >= 0.3 is 5.97 Å². The second-order valence-electron chi connectivity index (χ2n) is 6.43. The van der Waals surface area contributed by atoms with Crippen LogP contribution in [-0.4, -0.2) is 30.2 Å². The maximum absolute atomic E-state index is 12.5. The van der Waals surface area contributed by atoms with Crippen LogP contribution in [0.3, 0.4) is 0 Å².